The first-order chi connectivity index (χ1) is 17.3. The van der Waals surface area contributed by atoms with Gasteiger partial charge in [-0.05, 0) is 72.8 Å². The average molecular weight is 896 g/mol. The number of benzene rings is 4. The fourth-order valence-electron chi connectivity index (χ4n) is 5.22. The van der Waals surface area contributed by atoms with Crippen LogP contribution < -0.4 is 68.4 Å². The zero-order chi connectivity index (χ0) is 25.2. The zero-order valence-electron chi connectivity index (χ0n) is 21.5. The Morgan fingerprint density at radius 1 is 0.474 bits per heavy atom. The molecule has 4 aromatic rings. The van der Waals surface area contributed by atoms with Gasteiger partial charge in [-0.2, -0.15) is 0 Å². The van der Waals surface area contributed by atoms with Gasteiger partial charge in [0, 0.05) is 20.3 Å². The highest BCUT2D eigenvalue weighted by molar-refractivity contribution is 9.10. The van der Waals surface area contributed by atoms with E-state index in [-0.39, 0.29) is 48.0 Å². The van der Waals surface area contributed by atoms with Gasteiger partial charge in [0.05, 0.1) is 38.5 Å². The summed E-state index contributed by atoms with van der Waals surface area (Å²) in [6.07, 6.45) is 4.25. The van der Waals surface area contributed by atoms with Gasteiger partial charge in [-0.25, -0.2) is 0 Å². The highest BCUT2D eigenvalue weighted by atomic mass is 127. The van der Waals surface area contributed by atoms with E-state index in [1.54, 1.807) is 0 Å². The molecule has 0 atom stereocenters. The van der Waals surface area contributed by atoms with Crippen LogP contribution in [-0.4, -0.2) is 38.5 Å². The smallest absolute Gasteiger partial charge is 0.139 e. The molecule has 1 fully saturated rings. The molecule has 5 rings (SSSR count). The molecule has 0 saturated carbocycles. The van der Waals surface area contributed by atoms with Crippen LogP contribution >= 0.6 is 46.4 Å². The Hall–Kier alpha value is -0.240. The van der Waals surface area contributed by atoms with E-state index in [1.807, 2.05) is 0 Å². The first-order valence-corrected chi connectivity index (χ1v) is 19.0. The maximum Gasteiger partial charge on any atom is 0.139 e. The van der Waals surface area contributed by atoms with Crippen LogP contribution in [0.25, 0.3) is 0 Å². The topological polar surface area (TPSA) is 6.48 Å². The predicted octanol–water partition coefficient (Wildman–Crippen LogP) is 2.32. The third-order valence-electron chi connectivity index (χ3n) is 7.07. The Bertz CT molecular complexity index is 1180. The molecule has 1 saturated heterocycles. The molecule has 2 nitrogen and oxygen atoms in total. The van der Waals surface area contributed by atoms with E-state index in [4.69, 9.17) is 0 Å². The highest BCUT2D eigenvalue weighted by Crippen LogP contribution is 2.63. The number of anilines is 2. The van der Waals surface area contributed by atoms with E-state index in [9.17, 15) is 0 Å². The SMILES string of the molecule is C[P+]1(c2ccccc2)CN(c2ccc(Br)cc2)C[P+](C)(c2ccccc2)CN(c2ccc(Br)cc2)C1.[I-].[I-]. The lowest BCUT2D eigenvalue weighted by Crippen LogP contribution is -3.00. The van der Waals surface area contributed by atoms with Crippen LogP contribution in [0.5, 0.6) is 0 Å². The summed E-state index contributed by atoms with van der Waals surface area (Å²) in [5, 5.41) is 2.99. The Balaban J connectivity index is 0.00000200. The quantitative estimate of drug-likeness (QED) is 0.230. The third kappa shape index (κ3) is 7.53. The Morgan fingerprint density at radius 3 is 1.05 bits per heavy atom. The van der Waals surface area contributed by atoms with Gasteiger partial charge in [0.1, 0.15) is 25.1 Å². The van der Waals surface area contributed by atoms with Gasteiger partial charge in [-0.15, -0.1) is 0 Å². The summed E-state index contributed by atoms with van der Waals surface area (Å²) in [5.74, 6) is 0. The number of hydrogen-bond donors (Lipinski definition) is 0. The fraction of sp³-hybridized carbons (Fsp3) is 0.200. The second-order valence-electron chi connectivity index (χ2n) is 10.1. The van der Waals surface area contributed by atoms with E-state index >= 15 is 0 Å². The minimum atomic E-state index is -1.56. The van der Waals surface area contributed by atoms with Gasteiger partial charge in [0.15, 0.2) is 0 Å². The van der Waals surface area contributed by atoms with E-state index < -0.39 is 14.5 Å². The number of rotatable bonds is 4. The van der Waals surface area contributed by atoms with Crippen LogP contribution in [0, 0.1) is 0 Å². The lowest BCUT2D eigenvalue weighted by molar-refractivity contribution is -0.00100. The second kappa shape index (κ2) is 14.1. The van der Waals surface area contributed by atoms with Crippen LogP contribution in [0.1, 0.15) is 0 Å². The van der Waals surface area contributed by atoms with Gasteiger partial charge in [-0.3, -0.25) is 0 Å². The molecule has 1 heterocycles. The standard InChI is InChI=1S/C30H32Br2N2P2.2HI/c1-35(29-9-5-3-6-10-29)21-33(27-17-13-25(31)14-18-27)23-36(2,30-11-7-4-8-12-30)24-34(22-35)28-19-15-26(32)16-20-28;;/h3-20H,21-24H2,1-2H3;2*1H/q+2;;/p-2. The van der Waals surface area contributed by atoms with Gasteiger partial charge in [0.25, 0.3) is 0 Å². The summed E-state index contributed by atoms with van der Waals surface area (Å²) < 4.78 is 2.25. The van der Waals surface area contributed by atoms with Crippen LogP contribution in [0.3, 0.4) is 0 Å². The van der Waals surface area contributed by atoms with Gasteiger partial charge >= 0.3 is 0 Å². The number of halogens is 4. The summed E-state index contributed by atoms with van der Waals surface area (Å²) in [6.45, 7) is 5.09. The van der Waals surface area contributed by atoms with Gasteiger partial charge < -0.3 is 57.8 Å². The summed E-state index contributed by atoms with van der Waals surface area (Å²) >= 11 is 7.28. The maximum atomic E-state index is 3.64. The molecule has 0 N–H and O–H groups in total. The van der Waals surface area contributed by atoms with Crippen molar-refractivity contribution >= 4 is 68.4 Å². The largest absolute Gasteiger partial charge is 1.00 e. The molecule has 0 spiro atoms. The molecule has 38 heavy (non-hydrogen) atoms. The molecule has 0 radical (unpaired) electrons. The Morgan fingerprint density at radius 2 is 0.763 bits per heavy atom. The molecule has 1 aliphatic rings. The first-order valence-electron chi connectivity index (χ1n) is 12.2. The molecule has 8 heteroatoms. The van der Waals surface area contributed by atoms with E-state index in [1.165, 1.54) is 22.0 Å². The predicted molar refractivity (Wildman–Crippen MR) is 171 cm³/mol. The van der Waals surface area contributed by atoms with Crippen molar-refractivity contribution in [1.29, 1.82) is 0 Å². The molecule has 0 unspecified atom stereocenters. The van der Waals surface area contributed by atoms with Gasteiger partial charge in [0.2, 0.25) is 0 Å². The molecule has 200 valence electrons. The van der Waals surface area contributed by atoms with E-state index in [0.717, 1.165) is 34.1 Å². The summed E-state index contributed by atoms with van der Waals surface area (Å²) in [4.78, 5) is 5.40. The number of nitrogens with zero attached hydrogens (tertiary/aromatic N) is 2. The maximum absolute atomic E-state index is 3.64. The fourth-order valence-corrected chi connectivity index (χ4v) is 12.7. The summed E-state index contributed by atoms with van der Waals surface area (Å²) in [7, 11) is -3.11. The average Bonchev–Trinajstić information content (AvgIpc) is 2.89. The van der Waals surface area contributed by atoms with Crippen LogP contribution in [0.2, 0.25) is 0 Å². The van der Waals surface area contributed by atoms with Crippen LogP contribution in [0.4, 0.5) is 11.4 Å². The molecule has 0 aromatic heterocycles. The molecule has 0 bridgehead atoms. The van der Waals surface area contributed by atoms with Crippen molar-refractivity contribution < 1.29 is 48.0 Å². The Labute approximate surface area is 279 Å². The van der Waals surface area contributed by atoms with Crippen molar-refractivity contribution in [2.45, 2.75) is 0 Å². The Kier molecular flexibility index (Phi) is 12.0. The molecule has 4 aromatic carbocycles. The van der Waals surface area contributed by atoms with Crippen LogP contribution in [0.15, 0.2) is 118 Å². The normalized spacial score (nSPS) is 21.5. The van der Waals surface area contributed by atoms with E-state index in [0.29, 0.717) is 0 Å². The summed E-state index contributed by atoms with van der Waals surface area (Å²) in [5.41, 5.74) is 2.64. The van der Waals surface area contributed by atoms with E-state index in [2.05, 4.69) is 164 Å². The van der Waals surface area contributed by atoms with Crippen molar-refractivity contribution in [2.24, 2.45) is 0 Å². The number of hydrogen-bond acceptors (Lipinski definition) is 2. The van der Waals surface area contributed by atoms with Crippen LogP contribution in [-0.2, 0) is 0 Å². The van der Waals surface area contributed by atoms with Crippen molar-refractivity contribution in [2.75, 3.05) is 48.3 Å². The molecular weight excluding hydrogens is 864 g/mol. The molecule has 0 aliphatic carbocycles. The van der Waals surface area contributed by atoms with Crippen molar-refractivity contribution in [3.8, 4) is 0 Å². The van der Waals surface area contributed by atoms with Crippen molar-refractivity contribution in [1.82, 2.24) is 0 Å². The minimum Gasteiger partial charge on any atom is -1.00 e. The lowest BCUT2D eigenvalue weighted by Gasteiger charge is -2.42. The zero-order valence-corrected chi connectivity index (χ0v) is 30.8. The lowest BCUT2D eigenvalue weighted by atomic mass is 10.3. The molecule has 0 amide bonds. The molecule has 1 aliphatic heterocycles. The van der Waals surface area contributed by atoms with Gasteiger partial charge in [-0.1, -0.05) is 68.3 Å². The second-order valence-corrected chi connectivity index (χ2v) is 19.6. The summed E-state index contributed by atoms with van der Waals surface area (Å²) in [6, 6.07) is 40.3. The van der Waals surface area contributed by atoms with Crippen molar-refractivity contribution in [3.05, 3.63) is 118 Å². The minimum absolute atomic E-state index is 0. The highest BCUT2D eigenvalue weighted by Gasteiger charge is 2.48. The monoisotopic (exact) mass is 894 g/mol. The third-order valence-corrected chi connectivity index (χ3v) is 15.1. The first kappa shape index (κ1) is 32.3. The van der Waals surface area contributed by atoms with Crippen molar-refractivity contribution in [3.63, 3.8) is 0 Å². The molecular formula is C30H32Br2I2N2P2.